The first-order chi connectivity index (χ1) is 18.5. The van der Waals surface area contributed by atoms with Crippen LogP contribution >= 0.6 is 0 Å². The van der Waals surface area contributed by atoms with Crippen molar-refractivity contribution in [2.75, 3.05) is 4.90 Å². The molecule has 2 N–H and O–H groups in total. The standard InChI is InChI=1S/C30H31FN6O2/c1-19-6-9-23(10-7-19)37-28(16-27(34-37)30(2,3)4)36(29(32)38)18-21-14-22(31)8-13-26(21)39-24-11-12-25-20(15-24)17-33-35(25)5/h6-17H,18H2,1-5H3,(H2,32,38). The van der Waals surface area contributed by atoms with Crippen LogP contribution in [-0.4, -0.2) is 25.6 Å². The molecule has 9 heteroatoms. The molecule has 2 amide bonds. The zero-order valence-electron chi connectivity index (χ0n) is 22.6. The number of anilines is 1. The molecular formula is C30H31FN6O2. The molecule has 2 aromatic heterocycles. The number of benzene rings is 3. The largest absolute Gasteiger partial charge is 0.457 e. The molecule has 0 unspecified atom stereocenters. The van der Waals surface area contributed by atoms with Gasteiger partial charge < -0.3 is 10.5 Å². The second-order valence-electron chi connectivity index (χ2n) is 10.7. The lowest BCUT2D eigenvalue weighted by molar-refractivity contribution is 0.253. The molecule has 39 heavy (non-hydrogen) atoms. The summed E-state index contributed by atoms with van der Waals surface area (Å²) in [6, 6.07) is 18.8. The summed E-state index contributed by atoms with van der Waals surface area (Å²) in [6.07, 6.45) is 1.75. The summed E-state index contributed by atoms with van der Waals surface area (Å²) < 4.78 is 24.1. The number of urea groups is 1. The predicted octanol–water partition coefficient (Wildman–Crippen LogP) is 6.38. The topological polar surface area (TPSA) is 91.2 Å². The fraction of sp³-hybridized carbons (Fsp3) is 0.233. The van der Waals surface area contributed by atoms with Gasteiger partial charge in [-0.2, -0.15) is 10.2 Å². The number of hydrogen-bond donors (Lipinski definition) is 1. The van der Waals surface area contributed by atoms with Gasteiger partial charge in [0.05, 0.1) is 29.6 Å². The third-order valence-electron chi connectivity index (χ3n) is 6.58. The summed E-state index contributed by atoms with van der Waals surface area (Å²) in [5.41, 5.74) is 9.70. The first kappa shape index (κ1) is 26.0. The van der Waals surface area contributed by atoms with Crippen molar-refractivity contribution >= 4 is 22.8 Å². The number of carbonyl (C=O) groups excluding carboxylic acids is 1. The van der Waals surface area contributed by atoms with Crippen LogP contribution in [0.3, 0.4) is 0 Å². The highest BCUT2D eigenvalue weighted by Crippen LogP contribution is 2.33. The SMILES string of the molecule is Cc1ccc(-n2nc(C(C)(C)C)cc2N(Cc2cc(F)ccc2Oc2ccc3c(cnn3C)c2)C(N)=O)cc1. The molecule has 0 saturated carbocycles. The van der Waals surface area contributed by atoms with Crippen molar-refractivity contribution in [3.05, 3.63) is 95.6 Å². The first-order valence-corrected chi connectivity index (χ1v) is 12.6. The fourth-order valence-corrected chi connectivity index (χ4v) is 4.35. The van der Waals surface area contributed by atoms with Crippen molar-refractivity contribution in [1.82, 2.24) is 19.6 Å². The number of nitrogens with two attached hydrogens (primary N) is 1. The number of hydrogen-bond acceptors (Lipinski definition) is 4. The van der Waals surface area contributed by atoms with E-state index < -0.39 is 11.8 Å². The Morgan fingerprint density at radius 2 is 1.79 bits per heavy atom. The van der Waals surface area contributed by atoms with Gasteiger partial charge in [-0.15, -0.1) is 0 Å². The summed E-state index contributed by atoms with van der Waals surface area (Å²) in [5.74, 6) is 0.993. The lowest BCUT2D eigenvalue weighted by Crippen LogP contribution is -2.36. The van der Waals surface area contributed by atoms with Gasteiger partial charge in [0.1, 0.15) is 23.1 Å². The average Bonchev–Trinajstić information content (AvgIpc) is 3.48. The van der Waals surface area contributed by atoms with E-state index in [0.29, 0.717) is 22.9 Å². The zero-order valence-corrected chi connectivity index (χ0v) is 22.6. The monoisotopic (exact) mass is 526 g/mol. The minimum Gasteiger partial charge on any atom is -0.457 e. The number of nitrogens with zero attached hydrogens (tertiary/aromatic N) is 5. The van der Waals surface area contributed by atoms with Crippen LogP contribution in [0.2, 0.25) is 0 Å². The lowest BCUT2D eigenvalue weighted by Gasteiger charge is -2.23. The number of fused-ring (bicyclic) bond motifs is 1. The van der Waals surface area contributed by atoms with Gasteiger partial charge in [0, 0.05) is 29.5 Å². The number of carbonyl (C=O) groups is 1. The Morgan fingerprint density at radius 3 is 2.49 bits per heavy atom. The number of ether oxygens (including phenoxy) is 1. The van der Waals surface area contributed by atoms with Crippen molar-refractivity contribution in [3.63, 3.8) is 0 Å². The molecule has 8 nitrogen and oxygen atoms in total. The van der Waals surface area contributed by atoms with Crippen LogP contribution in [0.5, 0.6) is 11.5 Å². The molecule has 0 radical (unpaired) electrons. The van der Waals surface area contributed by atoms with Crippen LogP contribution < -0.4 is 15.4 Å². The Labute approximate surface area is 226 Å². The number of rotatable bonds is 6. The third kappa shape index (κ3) is 5.34. The summed E-state index contributed by atoms with van der Waals surface area (Å²) in [4.78, 5) is 14.3. The second kappa shape index (κ2) is 9.90. The van der Waals surface area contributed by atoms with Gasteiger partial charge in [-0.05, 0) is 55.5 Å². The second-order valence-corrected chi connectivity index (χ2v) is 10.7. The summed E-state index contributed by atoms with van der Waals surface area (Å²) in [5, 5.41) is 10.00. The number of halogens is 1. The van der Waals surface area contributed by atoms with Crippen molar-refractivity contribution in [2.24, 2.45) is 12.8 Å². The number of aryl methyl sites for hydroxylation is 2. The van der Waals surface area contributed by atoms with Gasteiger partial charge in [0.25, 0.3) is 0 Å². The molecule has 5 rings (SSSR count). The third-order valence-corrected chi connectivity index (χ3v) is 6.58. The molecule has 0 fully saturated rings. The van der Waals surface area contributed by atoms with E-state index in [0.717, 1.165) is 27.8 Å². The molecule has 0 aliphatic heterocycles. The van der Waals surface area contributed by atoms with Crippen molar-refractivity contribution in [2.45, 2.75) is 39.7 Å². The maximum atomic E-state index is 14.5. The van der Waals surface area contributed by atoms with Gasteiger partial charge >= 0.3 is 6.03 Å². The molecule has 0 atom stereocenters. The zero-order chi connectivity index (χ0) is 27.9. The Kier molecular flexibility index (Phi) is 6.59. The van der Waals surface area contributed by atoms with E-state index in [2.05, 4.69) is 5.10 Å². The van der Waals surface area contributed by atoms with E-state index in [1.54, 1.807) is 21.6 Å². The van der Waals surface area contributed by atoms with Gasteiger partial charge in [0.2, 0.25) is 0 Å². The van der Waals surface area contributed by atoms with Crippen LogP contribution in [0, 0.1) is 12.7 Å². The van der Waals surface area contributed by atoms with E-state index in [9.17, 15) is 9.18 Å². The van der Waals surface area contributed by atoms with Crippen molar-refractivity contribution < 1.29 is 13.9 Å². The van der Waals surface area contributed by atoms with Gasteiger partial charge in [-0.25, -0.2) is 13.9 Å². The molecule has 200 valence electrons. The van der Waals surface area contributed by atoms with Crippen molar-refractivity contribution in [3.8, 4) is 17.2 Å². The van der Waals surface area contributed by atoms with Crippen molar-refractivity contribution in [1.29, 1.82) is 0 Å². The number of aromatic nitrogens is 4. The van der Waals surface area contributed by atoms with E-state index >= 15 is 0 Å². The Bertz CT molecular complexity index is 1660. The average molecular weight is 527 g/mol. The molecule has 2 heterocycles. The molecule has 0 aliphatic rings. The Hall–Kier alpha value is -4.66. The normalized spacial score (nSPS) is 11.6. The van der Waals surface area contributed by atoms with E-state index in [4.69, 9.17) is 15.6 Å². The molecule has 0 bridgehead atoms. The molecular weight excluding hydrogens is 495 g/mol. The van der Waals surface area contributed by atoms with Gasteiger partial charge in [-0.1, -0.05) is 38.5 Å². The number of primary amides is 1. The highest BCUT2D eigenvalue weighted by atomic mass is 19.1. The molecule has 3 aromatic carbocycles. The van der Waals surface area contributed by atoms with Crippen LogP contribution in [0.15, 0.2) is 72.9 Å². The molecule has 0 aliphatic carbocycles. The first-order valence-electron chi connectivity index (χ1n) is 12.6. The summed E-state index contributed by atoms with van der Waals surface area (Å²) in [7, 11) is 1.87. The highest BCUT2D eigenvalue weighted by molar-refractivity contribution is 5.90. The molecule has 0 spiro atoms. The van der Waals surface area contributed by atoms with Crippen LogP contribution in [0.25, 0.3) is 16.6 Å². The Morgan fingerprint density at radius 1 is 1.05 bits per heavy atom. The Balaban J connectivity index is 1.55. The van der Waals surface area contributed by atoms with Crippen LogP contribution in [0.1, 0.15) is 37.6 Å². The minimum atomic E-state index is -0.698. The van der Waals surface area contributed by atoms with Crippen LogP contribution in [-0.2, 0) is 19.0 Å². The van der Waals surface area contributed by atoms with E-state index in [1.807, 2.05) is 83.3 Å². The van der Waals surface area contributed by atoms with Gasteiger partial charge in [-0.3, -0.25) is 9.58 Å². The molecule has 5 aromatic rings. The maximum Gasteiger partial charge on any atom is 0.320 e. The highest BCUT2D eigenvalue weighted by Gasteiger charge is 2.26. The van der Waals surface area contributed by atoms with Crippen LogP contribution in [0.4, 0.5) is 15.0 Å². The van der Waals surface area contributed by atoms with E-state index in [-0.39, 0.29) is 12.0 Å². The smallest absolute Gasteiger partial charge is 0.320 e. The van der Waals surface area contributed by atoms with E-state index in [1.165, 1.54) is 17.0 Å². The fourth-order valence-electron chi connectivity index (χ4n) is 4.35. The number of amides is 2. The minimum absolute atomic E-state index is 0.0291. The maximum absolute atomic E-state index is 14.5. The quantitative estimate of drug-likeness (QED) is 0.278. The van der Waals surface area contributed by atoms with Gasteiger partial charge in [0.15, 0.2) is 0 Å². The summed E-state index contributed by atoms with van der Waals surface area (Å²) >= 11 is 0. The summed E-state index contributed by atoms with van der Waals surface area (Å²) in [6.45, 7) is 8.11. The molecule has 0 saturated heterocycles. The lowest BCUT2D eigenvalue weighted by atomic mass is 9.92. The predicted molar refractivity (Wildman–Crippen MR) is 150 cm³/mol.